The van der Waals surface area contributed by atoms with Crippen molar-refractivity contribution in [2.45, 2.75) is 19.4 Å². The fourth-order valence-corrected chi connectivity index (χ4v) is 3.18. The van der Waals surface area contributed by atoms with Gasteiger partial charge in [-0.2, -0.15) is 0 Å². The maximum Gasteiger partial charge on any atom is 0.325 e. The first-order valence-electron chi connectivity index (χ1n) is 9.01. The van der Waals surface area contributed by atoms with Crippen molar-refractivity contribution in [3.05, 3.63) is 53.6 Å². The molecule has 1 heterocycles. The van der Waals surface area contributed by atoms with Gasteiger partial charge in [-0.3, -0.25) is 14.5 Å². The number of carbonyl (C=O) groups is 3. The van der Waals surface area contributed by atoms with Gasteiger partial charge >= 0.3 is 6.03 Å². The summed E-state index contributed by atoms with van der Waals surface area (Å²) in [7, 11) is 3.00. The quantitative estimate of drug-likeness (QED) is 0.730. The minimum Gasteiger partial charge on any atom is -0.493 e. The zero-order valence-electron chi connectivity index (χ0n) is 16.7. The molecule has 8 nitrogen and oxygen atoms in total. The Morgan fingerprint density at radius 2 is 1.72 bits per heavy atom. The van der Waals surface area contributed by atoms with Crippen LogP contribution >= 0.6 is 0 Å². The van der Waals surface area contributed by atoms with Crippen LogP contribution in [0.4, 0.5) is 10.5 Å². The zero-order valence-corrected chi connectivity index (χ0v) is 16.7. The van der Waals surface area contributed by atoms with Gasteiger partial charge in [-0.1, -0.05) is 29.8 Å². The standard InChI is InChI=1S/C21H23N3O5/c1-13-5-7-14(8-6-13)21(2)19(26)24(20(27)23-21)12-18(25)22-15-9-10-16(28-3)17(11-15)29-4/h5-11H,12H2,1-4H3,(H,22,25)(H,23,27)/t21-/m1/s1. The number of urea groups is 1. The highest BCUT2D eigenvalue weighted by Crippen LogP contribution is 2.31. The maximum atomic E-state index is 12.9. The predicted octanol–water partition coefficient (Wildman–Crippen LogP) is 2.42. The largest absolute Gasteiger partial charge is 0.493 e. The third kappa shape index (κ3) is 3.87. The Morgan fingerprint density at radius 1 is 1.07 bits per heavy atom. The molecule has 8 heteroatoms. The molecule has 29 heavy (non-hydrogen) atoms. The smallest absolute Gasteiger partial charge is 0.325 e. The number of carbonyl (C=O) groups excluding carboxylic acids is 3. The number of imide groups is 1. The van der Waals surface area contributed by atoms with Gasteiger partial charge in [0.05, 0.1) is 14.2 Å². The van der Waals surface area contributed by atoms with E-state index in [-0.39, 0.29) is 0 Å². The van der Waals surface area contributed by atoms with E-state index in [1.54, 1.807) is 37.3 Å². The van der Waals surface area contributed by atoms with Gasteiger partial charge in [-0.15, -0.1) is 0 Å². The van der Waals surface area contributed by atoms with E-state index in [9.17, 15) is 14.4 Å². The summed E-state index contributed by atoms with van der Waals surface area (Å²) in [6, 6.07) is 11.6. The van der Waals surface area contributed by atoms with Gasteiger partial charge in [-0.05, 0) is 31.5 Å². The summed E-state index contributed by atoms with van der Waals surface area (Å²) in [5, 5.41) is 5.35. The first-order valence-corrected chi connectivity index (χ1v) is 9.01. The van der Waals surface area contributed by atoms with Crippen LogP contribution in [0.15, 0.2) is 42.5 Å². The molecule has 2 aromatic carbocycles. The summed E-state index contributed by atoms with van der Waals surface area (Å²) >= 11 is 0. The first-order chi connectivity index (χ1) is 13.8. The number of methoxy groups -OCH3 is 2. The third-order valence-corrected chi connectivity index (χ3v) is 4.87. The Kier molecular flexibility index (Phi) is 5.45. The van der Waals surface area contributed by atoms with Crippen molar-refractivity contribution in [2.75, 3.05) is 26.1 Å². The second-order valence-corrected chi connectivity index (χ2v) is 6.93. The lowest BCUT2D eigenvalue weighted by Crippen LogP contribution is -2.42. The topological polar surface area (TPSA) is 97.0 Å². The highest BCUT2D eigenvalue weighted by atomic mass is 16.5. The summed E-state index contributed by atoms with van der Waals surface area (Å²) in [5.41, 5.74) is 0.944. The molecular weight excluding hydrogens is 374 g/mol. The summed E-state index contributed by atoms with van der Waals surface area (Å²) < 4.78 is 10.4. The molecule has 1 atom stereocenters. The zero-order chi connectivity index (χ0) is 21.2. The highest BCUT2D eigenvalue weighted by molar-refractivity contribution is 6.10. The van der Waals surface area contributed by atoms with Crippen LogP contribution in [0.5, 0.6) is 11.5 Å². The van der Waals surface area contributed by atoms with Gasteiger partial charge in [0, 0.05) is 11.8 Å². The molecule has 0 spiro atoms. The van der Waals surface area contributed by atoms with Gasteiger partial charge in [0.25, 0.3) is 5.91 Å². The molecule has 4 amide bonds. The highest BCUT2D eigenvalue weighted by Gasteiger charge is 2.49. The summed E-state index contributed by atoms with van der Waals surface area (Å²) in [6.45, 7) is 3.16. The first kappa shape index (κ1) is 20.2. The molecule has 1 fully saturated rings. The minimum atomic E-state index is -1.21. The number of hydrogen-bond donors (Lipinski definition) is 2. The SMILES string of the molecule is COc1ccc(NC(=O)CN2C(=O)N[C@](C)(c3ccc(C)cc3)C2=O)cc1OC. The molecule has 1 aliphatic heterocycles. The monoisotopic (exact) mass is 397 g/mol. The van der Waals surface area contributed by atoms with E-state index in [1.807, 2.05) is 19.1 Å². The molecule has 0 unspecified atom stereocenters. The van der Waals surface area contributed by atoms with Gasteiger partial charge in [-0.25, -0.2) is 4.79 Å². The number of hydrogen-bond acceptors (Lipinski definition) is 5. The van der Waals surface area contributed by atoms with Gasteiger partial charge in [0.1, 0.15) is 12.1 Å². The van der Waals surface area contributed by atoms with Crippen LogP contribution in [0.3, 0.4) is 0 Å². The van der Waals surface area contributed by atoms with Crippen molar-refractivity contribution in [3.8, 4) is 11.5 Å². The molecule has 1 aliphatic rings. The summed E-state index contributed by atoms with van der Waals surface area (Å²) in [5.74, 6) is -0.0107. The van der Waals surface area contributed by atoms with Crippen molar-refractivity contribution in [3.63, 3.8) is 0 Å². The molecule has 0 bridgehead atoms. The number of ether oxygens (including phenoxy) is 2. The summed E-state index contributed by atoms with van der Waals surface area (Å²) in [6.07, 6.45) is 0. The molecular formula is C21H23N3O5. The van der Waals surface area contributed by atoms with E-state index < -0.39 is 29.9 Å². The molecule has 1 saturated heterocycles. The van der Waals surface area contributed by atoms with E-state index in [0.29, 0.717) is 22.7 Å². The average Bonchev–Trinajstić information content (AvgIpc) is 2.92. The number of nitrogens with one attached hydrogen (secondary N) is 2. The number of rotatable bonds is 6. The van der Waals surface area contributed by atoms with E-state index >= 15 is 0 Å². The van der Waals surface area contributed by atoms with E-state index in [2.05, 4.69) is 10.6 Å². The van der Waals surface area contributed by atoms with Crippen LogP contribution in [0.25, 0.3) is 0 Å². The fourth-order valence-electron chi connectivity index (χ4n) is 3.18. The number of aryl methyl sites for hydroxylation is 1. The van der Waals surface area contributed by atoms with Crippen molar-refractivity contribution in [2.24, 2.45) is 0 Å². The van der Waals surface area contributed by atoms with Crippen molar-refractivity contribution < 1.29 is 23.9 Å². The second kappa shape index (κ2) is 7.83. The molecule has 152 valence electrons. The van der Waals surface area contributed by atoms with Crippen LogP contribution < -0.4 is 20.1 Å². The van der Waals surface area contributed by atoms with E-state index in [4.69, 9.17) is 9.47 Å². The minimum absolute atomic E-state index is 0.402. The fraction of sp³-hybridized carbons (Fsp3) is 0.286. The second-order valence-electron chi connectivity index (χ2n) is 6.93. The molecule has 3 rings (SSSR count). The molecule has 0 aliphatic carbocycles. The number of amides is 4. The Bertz CT molecular complexity index is 957. The van der Waals surface area contributed by atoms with Crippen LogP contribution in [-0.4, -0.2) is 43.5 Å². The van der Waals surface area contributed by atoms with Crippen LogP contribution in [-0.2, 0) is 15.1 Å². The maximum absolute atomic E-state index is 12.9. The predicted molar refractivity (Wildman–Crippen MR) is 107 cm³/mol. The van der Waals surface area contributed by atoms with Gasteiger partial charge in [0.2, 0.25) is 5.91 Å². The number of benzene rings is 2. The van der Waals surface area contributed by atoms with Crippen molar-refractivity contribution in [1.82, 2.24) is 10.2 Å². The molecule has 2 N–H and O–H groups in total. The van der Waals surface area contributed by atoms with Crippen LogP contribution in [0.2, 0.25) is 0 Å². The van der Waals surface area contributed by atoms with Crippen molar-refractivity contribution >= 4 is 23.5 Å². The normalized spacial score (nSPS) is 18.4. The third-order valence-electron chi connectivity index (χ3n) is 4.87. The average molecular weight is 397 g/mol. The summed E-state index contributed by atoms with van der Waals surface area (Å²) in [4.78, 5) is 38.7. The van der Waals surface area contributed by atoms with Gasteiger partial charge in [0.15, 0.2) is 11.5 Å². The Labute approximate surface area is 168 Å². The Hall–Kier alpha value is -3.55. The number of nitrogens with zero attached hydrogens (tertiary/aromatic N) is 1. The Morgan fingerprint density at radius 3 is 2.34 bits per heavy atom. The molecule has 0 radical (unpaired) electrons. The van der Waals surface area contributed by atoms with Gasteiger partial charge < -0.3 is 20.1 Å². The van der Waals surface area contributed by atoms with Crippen LogP contribution in [0.1, 0.15) is 18.1 Å². The molecule has 0 saturated carbocycles. The van der Waals surface area contributed by atoms with E-state index in [0.717, 1.165) is 10.5 Å². The number of anilines is 1. The lowest BCUT2D eigenvalue weighted by molar-refractivity contribution is -0.133. The van der Waals surface area contributed by atoms with E-state index in [1.165, 1.54) is 14.2 Å². The lowest BCUT2D eigenvalue weighted by Gasteiger charge is -2.22. The van der Waals surface area contributed by atoms with Crippen molar-refractivity contribution in [1.29, 1.82) is 0 Å². The molecule has 2 aromatic rings. The Balaban J connectivity index is 1.73. The van der Waals surface area contributed by atoms with Crippen LogP contribution in [0, 0.1) is 6.92 Å². The molecule has 0 aromatic heterocycles. The lowest BCUT2D eigenvalue weighted by atomic mass is 9.91.